The highest BCUT2D eigenvalue weighted by molar-refractivity contribution is 5.43. The summed E-state index contributed by atoms with van der Waals surface area (Å²) in [5.41, 5.74) is 1.21. The molecule has 1 atom stereocenters. The van der Waals surface area contributed by atoms with E-state index < -0.39 is 0 Å². The van der Waals surface area contributed by atoms with Crippen molar-refractivity contribution in [3.05, 3.63) is 30.3 Å². The molecule has 1 fully saturated rings. The van der Waals surface area contributed by atoms with Crippen LogP contribution >= 0.6 is 0 Å². The molecule has 2 nitrogen and oxygen atoms in total. The zero-order chi connectivity index (χ0) is 9.64. The Kier molecular flexibility index (Phi) is 3.41. The van der Waals surface area contributed by atoms with E-state index in [9.17, 15) is 0 Å². The number of nitrogens with one attached hydrogen (secondary N) is 2. The van der Waals surface area contributed by atoms with Gasteiger partial charge in [-0.15, -0.1) is 0 Å². The van der Waals surface area contributed by atoms with E-state index in [1.807, 2.05) is 6.07 Å². The highest BCUT2D eigenvalue weighted by Gasteiger charge is 2.09. The van der Waals surface area contributed by atoms with Gasteiger partial charge in [0.2, 0.25) is 0 Å². The molecule has 1 saturated heterocycles. The van der Waals surface area contributed by atoms with E-state index in [4.69, 9.17) is 0 Å². The van der Waals surface area contributed by atoms with Gasteiger partial charge in [-0.2, -0.15) is 0 Å². The van der Waals surface area contributed by atoms with Gasteiger partial charge in [0, 0.05) is 5.69 Å². The van der Waals surface area contributed by atoms with Crippen molar-refractivity contribution in [1.82, 2.24) is 5.32 Å². The Morgan fingerprint density at radius 3 is 2.79 bits per heavy atom. The van der Waals surface area contributed by atoms with Crippen LogP contribution in [0.4, 0.5) is 5.69 Å². The van der Waals surface area contributed by atoms with Crippen molar-refractivity contribution >= 4 is 5.69 Å². The topological polar surface area (TPSA) is 24.1 Å². The quantitative estimate of drug-likeness (QED) is 0.749. The molecule has 0 radical (unpaired) electrons. The minimum absolute atomic E-state index is 0.458. The van der Waals surface area contributed by atoms with Crippen LogP contribution in [0, 0.1) is 0 Å². The highest BCUT2D eigenvalue weighted by Crippen LogP contribution is 2.12. The Labute approximate surface area is 85.7 Å². The standard InChI is InChI=1S/C12H18N2/c1-3-7-11(8-4-1)14-12-9-5-2-6-10-13-12/h1,3-4,7-8,12-14H,2,5-6,9-10H2. The molecule has 1 aliphatic rings. The van der Waals surface area contributed by atoms with E-state index in [2.05, 4.69) is 34.9 Å². The predicted octanol–water partition coefficient (Wildman–Crippen LogP) is 2.59. The third kappa shape index (κ3) is 2.74. The Morgan fingerprint density at radius 2 is 1.93 bits per heavy atom. The van der Waals surface area contributed by atoms with Crippen molar-refractivity contribution in [2.75, 3.05) is 11.9 Å². The minimum Gasteiger partial charge on any atom is -0.370 e. The van der Waals surface area contributed by atoms with Crippen LogP contribution in [-0.4, -0.2) is 12.7 Å². The fourth-order valence-electron chi connectivity index (χ4n) is 1.89. The lowest BCUT2D eigenvalue weighted by molar-refractivity contribution is 0.563. The lowest BCUT2D eigenvalue weighted by Crippen LogP contribution is -2.35. The van der Waals surface area contributed by atoms with E-state index in [0.717, 1.165) is 6.54 Å². The van der Waals surface area contributed by atoms with Gasteiger partial charge in [0.25, 0.3) is 0 Å². The third-order valence-electron chi connectivity index (χ3n) is 2.67. The van der Waals surface area contributed by atoms with Crippen LogP contribution in [0.1, 0.15) is 25.7 Å². The Morgan fingerprint density at radius 1 is 1.07 bits per heavy atom. The van der Waals surface area contributed by atoms with Crippen LogP contribution in [-0.2, 0) is 0 Å². The van der Waals surface area contributed by atoms with Gasteiger partial charge in [-0.1, -0.05) is 31.0 Å². The molecule has 0 amide bonds. The van der Waals surface area contributed by atoms with Gasteiger partial charge in [-0.05, 0) is 31.5 Å². The van der Waals surface area contributed by atoms with E-state index in [1.165, 1.54) is 31.4 Å². The summed E-state index contributed by atoms with van der Waals surface area (Å²) in [5.74, 6) is 0. The lowest BCUT2D eigenvalue weighted by Gasteiger charge is -2.18. The molecule has 0 spiro atoms. The molecule has 1 aromatic rings. The fourth-order valence-corrected chi connectivity index (χ4v) is 1.89. The van der Waals surface area contributed by atoms with Gasteiger partial charge >= 0.3 is 0 Å². The lowest BCUT2D eigenvalue weighted by atomic mass is 10.2. The molecule has 76 valence electrons. The SMILES string of the molecule is c1ccc(NC2CCCCCN2)cc1. The maximum absolute atomic E-state index is 3.52. The fraction of sp³-hybridized carbons (Fsp3) is 0.500. The molecule has 14 heavy (non-hydrogen) atoms. The molecule has 1 aromatic carbocycles. The Bertz CT molecular complexity index is 250. The smallest absolute Gasteiger partial charge is 0.0768 e. The Balaban J connectivity index is 1.90. The van der Waals surface area contributed by atoms with Crippen molar-refractivity contribution in [3.8, 4) is 0 Å². The summed E-state index contributed by atoms with van der Waals surface area (Å²) < 4.78 is 0. The van der Waals surface area contributed by atoms with Crippen LogP contribution in [0.5, 0.6) is 0 Å². The van der Waals surface area contributed by atoms with E-state index in [0.29, 0.717) is 6.17 Å². The van der Waals surface area contributed by atoms with E-state index >= 15 is 0 Å². The molecule has 2 heteroatoms. The average Bonchev–Trinajstić information content (AvgIpc) is 2.48. The first-order valence-electron chi connectivity index (χ1n) is 5.50. The largest absolute Gasteiger partial charge is 0.370 e. The van der Waals surface area contributed by atoms with Crippen LogP contribution in [0.15, 0.2) is 30.3 Å². The molecule has 1 aliphatic heterocycles. The van der Waals surface area contributed by atoms with Gasteiger partial charge in [-0.3, -0.25) is 5.32 Å². The second kappa shape index (κ2) is 5.01. The number of hydrogen-bond acceptors (Lipinski definition) is 2. The molecule has 0 aliphatic carbocycles. The van der Waals surface area contributed by atoms with Crippen LogP contribution in [0.25, 0.3) is 0 Å². The molecule has 2 rings (SSSR count). The van der Waals surface area contributed by atoms with Crippen molar-refractivity contribution in [3.63, 3.8) is 0 Å². The zero-order valence-corrected chi connectivity index (χ0v) is 8.50. The zero-order valence-electron chi connectivity index (χ0n) is 8.50. The Hall–Kier alpha value is -1.02. The predicted molar refractivity (Wildman–Crippen MR) is 60.3 cm³/mol. The number of rotatable bonds is 2. The molecule has 1 heterocycles. The number of hydrogen-bond donors (Lipinski definition) is 2. The minimum atomic E-state index is 0.458. The first-order chi connectivity index (χ1) is 6.95. The highest BCUT2D eigenvalue weighted by atomic mass is 15.1. The molecule has 0 saturated carbocycles. The maximum Gasteiger partial charge on any atom is 0.0768 e. The van der Waals surface area contributed by atoms with E-state index in [-0.39, 0.29) is 0 Å². The molecule has 2 N–H and O–H groups in total. The van der Waals surface area contributed by atoms with Crippen LogP contribution < -0.4 is 10.6 Å². The number of benzene rings is 1. The van der Waals surface area contributed by atoms with Crippen LogP contribution in [0.3, 0.4) is 0 Å². The maximum atomic E-state index is 3.52. The first-order valence-corrected chi connectivity index (χ1v) is 5.50. The molecular weight excluding hydrogens is 172 g/mol. The molecular formula is C12H18N2. The van der Waals surface area contributed by atoms with Gasteiger partial charge in [-0.25, -0.2) is 0 Å². The van der Waals surface area contributed by atoms with Crippen molar-refractivity contribution in [2.45, 2.75) is 31.8 Å². The summed E-state index contributed by atoms with van der Waals surface area (Å²) in [6.45, 7) is 1.14. The molecule has 0 bridgehead atoms. The average molecular weight is 190 g/mol. The van der Waals surface area contributed by atoms with Crippen molar-refractivity contribution in [2.24, 2.45) is 0 Å². The summed E-state index contributed by atoms with van der Waals surface area (Å²) in [7, 11) is 0. The van der Waals surface area contributed by atoms with E-state index in [1.54, 1.807) is 0 Å². The number of anilines is 1. The monoisotopic (exact) mass is 190 g/mol. The van der Waals surface area contributed by atoms with Gasteiger partial charge in [0.05, 0.1) is 6.17 Å². The molecule has 1 unspecified atom stereocenters. The molecule has 0 aromatic heterocycles. The second-order valence-corrected chi connectivity index (χ2v) is 3.87. The van der Waals surface area contributed by atoms with Crippen LogP contribution in [0.2, 0.25) is 0 Å². The van der Waals surface area contributed by atoms with Gasteiger partial charge in [0.15, 0.2) is 0 Å². The van der Waals surface area contributed by atoms with Crippen molar-refractivity contribution in [1.29, 1.82) is 0 Å². The summed E-state index contributed by atoms with van der Waals surface area (Å²) in [5, 5.41) is 7.03. The normalized spacial score (nSPS) is 22.7. The first kappa shape index (κ1) is 9.53. The summed E-state index contributed by atoms with van der Waals surface area (Å²) >= 11 is 0. The van der Waals surface area contributed by atoms with Gasteiger partial charge in [0.1, 0.15) is 0 Å². The third-order valence-corrected chi connectivity index (χ3v) is 2.67. The van der Waals surface area contributed by atoms with Crippen molar-refractivity contribution < 1.29 is 0 Å². The summed E-state index contributed by atoms with van der Waals surface area (Å²) in [4.78, 5) is 0. The summed E-state index contributed by atoms with van der Waals surface area (Å²) in [6.07, 6.45) is 5.69. The number of para-hydroxylation sites is 1. The second-order valence-electron chi connectivity index (χ2n) is 3.87. The summed E-state index contributed by atoms with van der Waals surface area (Å²) in [6, 6.07) is 10.4. The van der Waals surface area contributed by atoms with Gasteiger partial charge < -0.3 is 5.32 Å².